The molecular weight excluding hydrogens is 463 g/mol. The normalized spacial score (nSPS) is 11.2. The number of fused-ring (bicyclic) bond motifs is 4. The van der Waals surface area contributed by atoms with Gasteiger partial charge in [-0.15, -0.1) is 0 Å². The third kappa shape index (κ3) is 4.07. The van der Waals surface area contributed by atoms with Gasteiger partial charge in [0.25, 0.3) is 0 Å². The summed E-state index contributed by atoms with van der Waals surface area (Å²) in [7, 11) is -4.81. The Labute approximate surface area is 197 Å². The maximum absolute atomic E-state index is 13.1. The van der Waals surface area contributed by atoms with Crippen LogP contribution in [0.4, 0.5) is 0 Å². The smallest absolute Gasteiger partial charge is 0.870 e. The van der Waals surface area contributed by atoms with Gasteiger partial charge in [-0.25, -0.2) is 8.42 Å². The molecule has 166 valence electrons. The Morgan fingerprint density at radius 1 is 0.697 bits per heavy atom. The van der Waals surface area contributed by atoms with Gasteiger partial charge < -0.3 is 25.5 Å². The van der Waals surface area contributed by atoms with Crippen LogP contribution in [-0.2, 0) is 10.1 Å². The van der Waals surface area contributed by atoms with Crippen molar-refractivity contribution in [2.24, 2.45) is 0 Å². The van der Waals surface area contributed by atoms with Gasteiger partial charge in [-0.2, -0.15) is 0 Å². The van der Waals surface area contributed by atoms with E-state index < -0.39 is 20.4 Å². The van der Waals surface area contributed by atoms with Crippen molar-refractivity contribution in [1.82, 2.24) is 9.97 Å². The molecule has 0 unspecified atom stereocenters. The molecule has 33 heavy (non-hydrogen) atoms. The molecular formula is C22H17AlN2O7S. The Balaban J connectivity index is 0.00000128. The number of H-pyrrole nitrogens is 2. The Morgan fingerprint density at radius 2 is 1.21 bits per heavy atom. The number of hydrogen-bond donors (Lipinski definition) is 2. The molecule has 2 aromatic heterocycles. The Kier molecular flexibility index (Phi) is 6.93. The topological polar surface area (TPSA) is 183 Å². The zero-order valence-electron chi connectivity index (χ0n) is 17.5. The second kappa shape index (κ2) is 8.72. The molecule has 3 aromatic carbocycles. The summed E-state index contributed by atoms with van der Waals surface area (Å²) in [6.07, 6.45) is 0. The number of aryl methyl sites for hydroxylation is 2. The molecule has 0 fully saturated rings. The molecule has 0 bridgehead atoms. The van der Waals surface area contributed by atoms with Gasteiger partial charge in [-0.3, -0.25) is 9.59 Å². The number of nitrogens with one attached hydrogen (secondary N) is 2. The van der Waals surface area contributed by atoms with Crippen molar-refractivity contribution in [3.63, 3.8) is 0 Å². The minimum Gasteiger partial charge on any atom is -0.870 e. The van der Waals surface area contributed by atoms with E-state index >= 15 is 0 Å². The van der Waals surface area contributed by atoms with Crippen molar-refractivity contribution in [1.29, 1.82) is 0 Å². The number of hydrogen-bond acceptors (Lipinski definition) is 7. The summed E-state index contributed by atoms with van der Waals surface area (Å²) in [5.74, 6) is 0. The summed E-state index contributed by atoms with van der Waals surface area (Å²) in [5.41, 5.74) is 2.19. The van der Waals surface area contributed by atoms with E-state index in [1.807, 2.05) is 19.1 Å². The summed E-state index contributed by atoms with van der Waals surface area (Å²) >= 11 is 0. The van der Waals surface area contributed by atoms with Crippen molar-refractivity contribution in [3.05, 3.63) is 74.0 Å². The van der Waals surface area contributed by atoms with Crippen molar-refractivity contribution in [3.8, 4) is 0 Å². The molecule has 0 atom stereocenters. The van der Waals surface area contributed by atoms with E-state index in [2.05, 4.69) is 9.97 Å². The van der Waals surface area contributed by atoms with E-state index in [1.165, 1.54) is 12.1 Å². The van der Waals surface area contributed by atoms with E-state index in [0.29, 0.717) is 27.4 Å². The van der Waals surface area contributed by atoms with Gasteiger partial charge in [0.1, 0.15) is 10.1 Å². The number of aromatic nitrogens is 2. The second-order valence-corrected chi connectivity index (χ2v) is 8.89. The Bertz CT molecular complexity index is 1790. The molecule has 0 saturated carbocycles. The van der Waals surface area contributed by atoms with Crippen LogP contribution in [0.3, 0.4) is 0 Å². The Morgan fingerprint density at radius 3 is 1.82 bits per heavy atom. The second-order valence-electron chi connectivity index (χ2n) is 7.54. The maximum Gasteiger partial charge on any atom is 3.00 e. The first-order valence-corrected chi connectivity index (χ1v) is 10.6. The molecule has 0 amide bonds. The molecule has 0 saturated heterocycles. The number of benzene rings is 3. The first-order chi connectivity index (χ1) is 14.1. The fraction of sp³-hybridized carbons (Fsp3) is 0.0909. The van der Waals surface area contributed by atoms with Crippen molar-refractivity contribution in [2.45, 2.75) is 18.7 Å². The predicted octanol–water partition coefficient (Wildman–Crippen LogP) is 2.46. The van der Waals surface area contributed by atoms with Gasteiger partial charge in [-0.05, 0) is 55.8 Å². The molecule has 0 radical (unpaired) electrons. The predicted molar refractivity (Wildman–Crippen MR) is 125 cm³/mol. The molecule has 0 aliphatic carbocycles. The van der Waals surface area contributed by atoms with Crippen LogP contribution in [0.15, 0.2) is 56.9 Å². The molecule has 0 aliphatic rings. The minimum atomic E-state index is -4.81. The summed E-state index contributed by atoms with van der Waals surface area (Å²) in [4.78, 5) is 31.8. The van der Waals surface area contributed by atoms with Crippen LogP contribution in [0, 0.1) is 13.8 Å². The zero-order valence-corrected chi connectivity index (χ0v) is 19.4. The first-order valence-electron chi connectivity index (χ1n) is 9.16. The fourth-order valence-corrected chi connectivity index (χ4v) is 4.71. The largest absolute Gasteiger partial charge is 3.00 e. The third-order valence-corrected chi connectivity index (χ3v) is 6.22. The van der Waals surface area contributed by atoms with Gasteiger partial charge in [0, 0.05) is 27.1 Å². The number of pyridine rings is 2. The number of rotatable bonds is 1. The summed E-state index contributed by atoms with van der Waals surface area (Å²) < 4.78 is 35.3. The van der Waals surface area contributed by atoms with E-state index in [4.69, 9.17) is 0 Å². The van der Waals surface area contributed by atoms with Gasteiger partial charge in [0.2, 0.25) is 0 Å². The van der Waals surface area contributed by atoms with Crippen molar-refractivity contribution < 1.29 is 23.9 Å². The van der Waals surface area contributed by atoms with E-state index in [1.54, 1.807) is 25.1 Å². The van der Waals surface area contributed by atoms with Crippen LogP contribution < -0.4 is 10.9 Å². The van der Waals surface area contributed by atoms with Gasteiger partial charge in [0.15, 0.2) is 10.9 Å². The summed E-state index contributed by atoms with van der Waals surface area (Å²) in [6, 6.07) is 11.4. The van der Waals surface area contributed by atoms with Gasteiger partial charge in [0.05, 0.1) is 21.4 Å². The van der Waals surface area contributed by atoms with Crippen molar-refractivity contribution in [2.75, 3.05) is 0 Å². The van der Waals surface area contributed by atoms with Crippen LogP contribution in [-0.4, -0.2) is 51.3 Å². The Hall–Kier alpha value is -3.04. The summed E-state index contributed by atoms with van der Waals surface area (Å²) in [5, 5.41) is 1.27. The van der Waals surface area contributed by atoms with Crippen molar-refractivity contribution >= 4 is 71.1 Å². The monoisotopic (exact) mass is 480 g/mol. The summed E-state index contributed by atoms with van der Waals surface area (Å²) in [6.45, 7) is 3.50. The average molecular weight is 480 g/mol. The first kappa shape index (κ1) is 26.2. The molecule has 4 N–H and O–H groups in total. The molecule has 5 rings (SSSR count). The zero-order chi connectivity index (χ0) is 21.4. The molecule has 5 aromatic rings. The standard InChI is InChI=1S/C22H16N2O5S.Al.2H2O/c1-10-3-4-16-12(5-10)21(25)13-9-18-14(8-17(13)23-16)22(26)15-6-11(2)7-19(20(15)24-18)30(27,28)29;;;/h3-9H,1-2H3,(H,23,25)(H,24,26)(H,27,28,29);;2*1H2/q;+3;;/p-3. The molecule has 11 heteroatoms. The van der Waals surface area contributed by atoms with Gasteiger partial charge >= 0.3 is 17.4 Å². The quantitative estimate of drug-likeness (QED) is 0.210. The van der Waals surface area contributed by atoms with Crippen LogP contribution in [0.2, 0.25) is 0 Å². The average Bonchev–Trinajstić information content (AvgIpc) is 2.68. The maximum atomic E-state index is 13.1. The van der Waals surface area contributed by atoms with Crippen LogP contribution in [0.1, 0.15) is 11.1 Å². The van der Waals surface area contributed by atoms with E-state index in [9.17, 15) is 22.6 Å². The fourth-order valence-electron chi connectivity index (χ4n) is 3.97. The molecule has 0 aliphatic heterocycles. The van der Waals surface area contributed by atoms with Crippen LogP contribution in [0.5, 0.6) is 0 Å². The van der Waals surface area contributed by atoms with E-state index in [0.717, 1.165) is 5.56 Å². The molecule has 9 nitrogen and oxygen atoms in total. The molecule has 2 heterocycles. The molecule has 0 spiro atoms. The van der Waals surface area contributed by atoms with Crippen LogP contribution in [0.25, 0.3) is 43.6 Å². The van der Waals surface area contributed by atoms with Gasteiger partial charge in [-0.1, -0.05) is 11.6 Å². The minimum absolute atomic E-state index is 0. The van der Waals surface area contributed by atoms with E-state index in [-0.39, 0.29) is 55.5 Å². The number of aromatic amines is 2. The third-order valence-electron chi connectivity index (χ3n) is 5.36. The SMILES string of the molecule is Cc1ccc2[nH]c3cc4c(=O)c5cc(C)cc(S(=O)(=O)[O-])c5[nH]c4cc3c(=O)c2c1.[Al+3].[OH-].[OH-]. The van der Waals surface area contributed by atoms with Crippen LogP contribution >= 0.6 is 0 Å².